The molecule has 2 N–H and O–H groups in total. The zero-order chi connectivity index (χ0) is 19.1. The van der Waals surface area contributed by atoms with E-state index < -0.39 is 5.97 Å². The van der Waals surface area contributed by atoms with E-state index in [1.807, 2.05) is 12.1 Å². The first-order valence-corrected chi connectivity index (χ1v) is 8.93. The Hall–Kier alpha value is -2.77. The molecule has 7 heteroatoms. The minimum absolute atomic E-state index is 0.191. The maximum atomic E-state index is 11.8. The molecule has 0 aliphatic rings. The Bertz CT molecular complexity index is 930. The summed E-state index contributed by atoms with van der Waals surface area (Å²) in [5.74, 6) is 0.330. The summed E-state index contributed by atoms with van der Waals surface area (Å²) in [6, 6.07) is 7.24. The fourth-order valence-electron chi connectivity index (χ4n) is 2.89. The molecule has 0 bridgehead atoms. The summed E-state index contributed by atoms with van der Waals surface area (Å²) in [6.07, 6.45) is 5.12. The molecule has 0 fully saturated rings. The van der Waals surface area contributed by atoms with Gasteiger partial charge >= 0.3 is 5.97 Å². The van der Waals surface area contributed by atoms with Crippen LogP contribution in [-0.4, -0.2) is 54.5 Å². The highest BCUT2D eigenvalue weighted by Gasteiger charge is 2.12. The minimum Gasteiger partial charge on any atom is -0.465 e. The number of hydrogen-bond acceptors (Lipinski definition) is 7. The monoisotopic (exact) mass is 369 g/mol. The highest BCUT2D eigenvalue weighted by molar-refractivity contribution is 6.10. The average molecular weight is 369 g/mol. The number of nitrogens with one attached hydrogen (secondary N) is 1. The number of carbonyl (C=O) groups excluding carboxylic acids is 1. The molecule has 142 valence electrons. The molecule has 0 atom stereocenters. The van der Waals surface area contributed by atoms with Gasteiger partial charge in [-0.15, -0.1) is 0 Å². The third-order valence-electron chi connectivity index (χ3n) is 4.25. The van der Waals surface area contributed by atoms with Gasteiger partial charge in [0.05, 0.1) is 24.8 Å². The summed E-state index contributed by atoms with van der Waals surface area (Å²) < 4.78 is 10.3. The van der Waals surface area contributed by atoms with E-state index in [1.165, 1.54) is 7.11 Å². The Balaban J connectivity index is 1.83. The van der Waals surface area contributed by atoms with E-state index in [4.69, 9.17) is 19.6 Å². The number of methoxy groups -OCH3 is 1. The van der Waals surface area contributed by atoms with E-state index in [9.17, 15) is 4.79 Å². The van der Waals surface area contributed by atoms with Gasteiger partial charge in [0, 0.05) is 48.3 Å². The first-order chi connectivity index (χ1) is 13.2. The van der Waals surface area contributed by atoms with Crippen LogP contribution in [0.15, 0.2) is 36.7 Å². The van der Waals surface area contributed by atoms with Crippen molar-refractivity contribution in [3.8, 4) is 0 Å². The number of fused-ring (bicyclic) bond motifs is 3. The summed E-state index contributed by atoms with van der Waals surface area (Å²) in [5.41, 5.74) is 1.16. The molecular formula is C20H23N3O4. The number of carbonyl (C=O) groups is 1. The third-order valence-corrected chi connectivity index (χ3v) is 4.25. The topological polar surface area (TPSA) is 93.6 Å². The van der Waals surface area contributed by atoms with E-state index >= 15 is 0 Å². The summed E-state index contributed by atoms with van der Waals surface area (Å²) in [6.45, 7) is 1.96. The molecule has 0 amide bonds. The van der Waals surface area contributed by atoms with Crippen LogP contribution in [0.2, 0.25) is 0 Å². The molecule has 2 aromatic heterocycles. The lowest BCUT2D eigenvalue weighted by Crippen LogP contribution is -2.11. The summed E-state index contributed by atoms with van der Waals surface area (Å²) in [4.78, 5) is 20.7. The Morgan fingerprint density at radius 3 is 2.85 bits per heavy atom. The number of hydrogen-bond donors (Lipinski definition) is 2. The maximum absolute atomic E-state index is 11.8. The normalized spacial score (nSPS) is 11.0. The quantitative estimate of drug-likeness (QED) is 0.340. The number of pyridine rings is 2. The number of unbranched alkanes of at least 4 members (excludes halogenated alkanes) is 1. The molecule has 0 aliphatic carbocycles. The number of esters is 1. The Morgan fingerprint density at radius 2 is 2.04 bits per heavy atom. The van der Waals surface area contributed by atoms with Crippen molar-refractivity contribution in [1.29, 1.82) is 0 Å². The summed E-state index contributed by atoms with van der Waals surface area (Å²) in [7, 11) is 1.36. The highest BCUT2D eigenvalue weighted by atomic mass is 16.5. The van der Waals surface area contributed by atoms with Gasteiger partial charge in [-0.25, -0.2) is 9.78 Å². The second kappa shape index (κ2) is 9.25. The molecule has 3 rings (SSSR count). The molecule has 0 unspecified atom stereocenters. The van der Waals surface area contributed by atoms with Crippen LogP contribution < -0.4 is 5.32 Å². The van der Waals surface area contributed by atoms with Crippen LogP contribution in [0.5, 0.6) is 0 Å². The lowest BCUT2D eigenvalue weighted by Gasteiger charge is -2.12. The van der Waals surface area contributed by atoms with Crippen LogP contribution in [-0.2, 0) is 9.47 Å². The maximum Gasteiger partial charge on any atom is 0.337 e. The van der Waals surface area contributed by atoms with Crippen molar-refractivity contribution < 1.29 is 19.4 Å². The molecule has 1 aromatic carbocycles. The summed E-state index contributed by atoms with van der Waals surface area (Å²) in [5, 5.41) is 14.9. The molecule has 0 saturated heterocycles. The SMILES string of the molecule is COC(=O)c1ccc2c(c1)nc(NCCOCCCCO)c1ccncc12. The molecule has 0 spiro atoms. The smallest absolute Gasteiger partial charge is 0.337 e. The van der Waals surface area contributed by atoms with Crippen molar-refractivity contribution in [3.05, 3.63) is 42.2 Å². The number of aliphatic hydroxyl groups excluding tert-OH is 1. The van der Waals surface area contributed by atoms with Crippen molar-refractivity contribution in [2.75, 3.05) is 38.8 Å². The van der Waals surface area contributed by atoms with Crippen LogP contribution in [0.4, 0.5) is 5.82 Å². The van der Waals surface area contributed by atoms with Gasteiger partial charge in [-0.3, -0.25) is 4.98 Å². The standard InChI is InChI=1S/C20H23N3O4/c1-26-20(25)14-4-5-15-17-13-21-7-6-16(17)19(23-18(15)12-14)22-8-11-27-10-3-2-9-24/h4-7,12-13,24H,2-3,8-11H2,1H3,(H,22,23). The van der Waals surface area contributed by atoms with E-state index in [2.05, 4.69) is 10.3 Å². The van der Waals surface area contributed by atoms with Gasteiger partial charge in [0.1, 0.15) is 5.82 Å². The van der Waals surface area contributed by atoms with Crippen molar-refractivity contribution in [2.45, 2.75) is 12.8 Å². The van der Waals surface area contributed by atoms with Crippen LogP contribution in [0.25, 0.3) is 21.7 Å². The highest BCUT2D eigenvalue weighted by Crippen LogP contribution is 2.29. The molecule has 7 nitrogen and oxygen atoms in total. The van der Waals surface area contributed by atoms with E-state index in [0.29, 0.717) is 30.8 Å². The van der Waals surface area contributed by atoms with E-state index in [-0.39, 0.29) is 6.61 Å². The molecule has 27 heavy (non-hydrogen) atoms. The van der Waals surface area contributed by atoms with Gasteiger partial charge in [0.15, 0.2) is 0 Å². The molecular weight excluding hydrogens is 346 g/mol. The minimum atomic E-state index is -0.393. The zero-order valence-electron chi connectivity index (χ0n) is 15.3. The van der Waals surface area contributed by atoms with Gasteiger partial charge in [-0.1, -0.05) is 6.07 Å². The average Bonchev–Trinajstić information content (AvgIpc) is 2.72. The molecule has 2 heterocycles. The molecule has 0 aliphatic heterocycles. The van der Waals surface area contributed by atoms with Gasteiger partial charge < -0.3 is 19.9 Å². The predicted molar refractivity (Wildman–Crippen MR) is 104 cm³/mol. The van der Waals surface area contributed by atoms with Crippen molar-refractivity contribution in [3.63, 3.8) is 0 Å². The van der Waals surface area contributed by atoms with Crippen LogP contribution >= 0.6 is 0 Å². The van der Waals surface area contributed by atoms with Gasteiger partial charge in [0.25, 0.3) is 0 Å². The first kappa shape index (κ1) is 19.0. The number of benzene rings is 1. The van der Waals surface area contributed by atoms with Crippen molar-refractivity contribution in [2.24, 2.45) is 0 Å². The summed E-state index contributed by atoms with van der Waals surface area (Å²) >= 11 is 0. The Morgan fingerprint density at radius 1 is 1.15 bits per heavy atom. The fourth-order valence-corrected chi connectivity index (χ4v) is 2.89. The predicted octanol–water partition coefficient (Wildman–Crippen LogP) is 2.77. The molecule has 3 aromatic rings. The lowest BCUT2D eigenvalue weighted by molar-refractivity contribution is 0.0601. The number of ether oxygens (including phenoxy) is 2. The zero-order valence-corrected chi connectivity index (χ0v) is 15.3. The van der Waals surface area contributed by atoms with Gasteiger partial charge in [0.2, 0.25) is 0 Å². The van der Waals surface area contributed by atoms with E-state index in [1.54, 1.807) is 24.5 Å². The van der Waals surface area contributed by atoms with Crippen LogP contribution in [0.3, 0.4) is 0 Å². The van der Waals surface area contributed by atoms with Crippen LogP contribution in [0, 0.1) is 0 Å². The largest absolute Gasteiger partial charge is 0.465 e. The van der Waals surface area contributed by atoms with Gasteiger partial charge in [-0.05, 0) is 31.0 Å². The Kier molecular flexibility index (Phi) is 6.51. The Labute approximate surface area is 157 Å². The third kappa shape index (κ3) is 4.50. The lowest BCUT2D eigenvalue weighted by atomic mass is 10.1. The second-order valence-electron chi connectivity index (χ2n) is 6.08. The number of anilines is 1. The second-order valence-corrected chi connectivity index (χ2v) is 6.08. The number of aliphatic hydroxyl groups is 1. The molecule has 0 saturated carbocycles. The van der Waals surface area contributed by atoms with Crippen molar-refractivity contribution >= 4 is 33.5 Å². The van der Waals surface area contributed by atoms with E-state index in [0.717, 1.165) is 34.8 Å². The first-order valence-electron chi connectivity index (χ1n) is 8.93. The number of rotatable bonds is 9. The number of nitrogens with zero attached hydrogens (tertiary/aromatic N) is 2. The fraction of sp³-hybridized carbons (Fsp3) is 0.350. The van der Waals surface area contributed by atoms with Gasteiger partial charge in [-0.2, -0.15) is 0 Å². The van der Waals surface area contributed by atoms with Crippen molar-refractivity contribution in [1.82, 2.24) is 9.97 Å². The number of aromatic nitrogens is 2. The molecule has 0 radical (unpaired) electrons. The van der Waals surface area contributed by atoms with Crippen LogP contribution in [0.1, 0.15) is 23.2 Å².